The quantitative estimate of drug-likeness (QED) is 0.929. The number of benzene rings is 1. The molecule has 0 spiro atoms. The molecule has 5 heteroatoms. The molecule has 0 saturated carbocycles. The SMILES string of the molecule is Cc1nn(C)c(C)c1Oc1ccc(Br)cc1CC(C)N. The van der Waals surface area contributed by atoms with Crippen molar-refractivity contribution in [3.63, 3.8) is 0 Å². The third-order valence-electron chi connectivity index (χ3n) is 3.22. The molecule has 0 aliphatic carbocycles. The molecule has 0 aliphatic heterocycles. The number of ether oxygens (including phenoxy) is 1. The first-order valence-corrected chi connectivity index (χ1v) is 7.40. The first-order valence-electron chi connectivity index (χ1n) is 6.60. The number of aryl methyl sites for hydroxylation is 2. The molecule has 1 aromatic heterocycles. The average molecular weight is 338 g/mol. The maximum Gasteiger partial charge on any atom is 0.171 e. The van der Waals surface area contributed by atoms with E-state index in [9.17, 15) is 0 Å². The highest BCUT2D eigenvalue weighted by molar-refractivity contribution is 9.10. The molecule has 2 N–H and O–H groups in total. The Kier molecular flexibility index (Phi) is 4.50. The molecule has 4 nitrogen and oxygen atoms in total. The third-order valence-corrected chi connectivity index (χ3v) is 3.71. The van der Waals surface area contributed by atoms with Gasteiger partial charge in [-0.15, -0.1) is 0 Å². The molecule has 108 valence electrons. The Labute approximate surface area is 128 Å². The minimum absolute atomic E-state index is 0.0859. The van der Waals surface area contributed by atoms with Gasteiger partial charge in [0.25, 0.3) is 0 Å². The highest BCUT2D eigenvalue weighted by Crippen LogP contribution is 2.32. The maximum atomic E-state index is 6.09. The van der Waals surface area contributed by atoms with Crippen LogP contribution in [0.2, 0.25) is 0 Å². The second-order valence-corrected chi connectivity index (χ2v) is 6.07. The van der Waals surface area contributed by atoms with E-state index in [-0.39, 0.29) is 6.04 Å². The lowest BCUT2D eigenvalue weighted by Crippen LogP contribution is -2.18. The van der Waals surface area contributed by atoms with Crippen molar-refractivity contribution in [2.24, 2.45) is 12.8 Å². The molecule has 0 saturated heterocycles. The maximum absolute atomic E-state index is 6.09. The minimum Gasteiger partial charge on any atom is -0.453 e. The number of hydrogen-bond acceptors (Lipinski definition) is 3. The van der Waals surface area contributed by atoms with Gasteiger partial charge in [0.2, 0.25) is 0 Å². The highest BCUT2D eigenvalue weighted by Gasteiger charge is 2.14. The molecule has 2 aromatic rings. The van der Waals surface area contributed by atoms with Gasteiger partial charge in [0, 0.05) is 17.6 Å². The molecule has 1 heterocycles. The van der Waals surface area contributed by atoms with Crippen molar-refractivity contribution in [2.75, 3.05) is 0 Å². The van der Waals surface area contributed by atoms with Crippen LogP contribution >= 0.6 is 15.9 Å². The number of rotatable bonds is 4. The van der Waals surface area contributed by atoms with Crippen LogP contribution in [-0.4, -0.2) is 15.8 Å². The van der Waals surface area contributed by atoms with Crippen molar-refractivity contribution in [1.29, 1.82) is 0 Å². The largest absolute Gasteiger partial charge is 0.453 e. The summed E-state index contributed by atoms with van der Waals surface area (Å²) in [5.74, 6) is 1.66. The fourth-order valence-electron chi connectivity index (χ4n) is 2.17. The van der Waals surface area contributed by atoms with E-state index in [2.05, 4.69) is 27.1 Å². The van der Waals surface area contributed by atoms with Gasteiger partial charge in [-0.25, -0.2) is 0 Å². The Hall–Kier alpha value is -1.33. The Morgan fingerprint density at radius 2 is 2.10 bits per heavy atom. The first-order chi connectivity index (χ1) is 9.38. The van der Waals surface area contributed by atoms with Crippen LogP contribution in [0.15, 0.2) is 22.7 Å². The zero-order valence-corrected chi connectivity index (χ0v) is 13.9. The van der Waals surface area contributed by atoms with Crippen LogP contribution < -0.4 is 10.5 Å². The van der Waals surface area contributed by atoms with E-state index in [4.69, 9.17) is 10.5 Å². The van der Waals surface area contributed by atoms with Gasteiger partial charge < -0.3 is 10.5 Å². The smallest absolute Gasteiger partial charge is 0.171 e. The van der Waals surface area contributed by atoms with Crippen molar-refractivity contribution >= 4 is 15.9 Å². The predicted octanol–water partition coefficient (Wildman–Crippen LogP) is 3.48. The summed E-state index contributed by atoms with van der Waals surface area (Å²) in [6.45, 7) is 5.94. The normalized spacial score (nSPS) is 12.5. The summed E-state index contributed by atoms with van der Waals surface area (Å²) in [4.78, 5) is 0. The van der Waals surface area contributed by atoms with Gasteiger partial charge >= 0.3 is 0 Å². The zero-order chi connectivity index (χ0) is 14.9. The van der Waals surface area contributed by atoms with E-state index in [1.807, 2.05) is 44.6 Å². The third kappa shape index (κ3) is 3.22. The van der Waals surface area contributed by atoms with Gasteiger partial charge in [-0.2, -0.15) is 5.10 Å². The van der Waals surface area contributed by atoms with E-state index in [1.54, 1.807) is 0 Å². The molecule has 1 aromatic carbocycles. The van der Waals surface area contributed by atoms with E-state index in [1.165, 1.54) is 0 Å². The van der Waals surface area contributed by atoms with Crippen LogP contribution in [0.3, 0.4) is 0 Å². The second-order valence-electron chi connectivity index (χ2n) is 5.16. The lowest BCUT2D eigenvalue weighted by molar-refractivity contribution is 0.465. The molecule has 0 radical (unpaired) electrons. The van der Waals surface area contributed by atoms with Crippen LogP contribution in [0.5, 0.6) is 11.5 Å². The number of nitrogens with two attached hydrogens (primary N) is 1. The number of hydrogen-bond donors (Lipinski definition) is 1. The Bertz CT molecular complexity index is 620. The van der Waals surface area contributed by atoms with E-state index >= 15 is 0 Å². The van der Waals surface area contributed by atoms with Crippen LogP contribution in [0.4, 0.5) is 0 Å². The molecule has 0 amide bonds. The van der Waals surface area contributed by atoms with Crippen LogP contribution in [0.25, 0.3) is 0 Å². The van der Waals surface area contributed by atoms with Crippen LogP contribution in [0, 0.1) is 13.8 Å². The van der Waals surface area contributed by atoms with Gasteiger partial charge in [0.1, 0.15) is 11.4 Å². The average Bonchev–Trinajstić information content (AvgIpc) is 2.58. The van der Waals surface area contributed by atoms with Gasteiger partial charge in [0.05, 0.1) is 5.69 Å². The van der Waals surface area contributed by atoms with Crippen LogP contribution in [0.1, 0.15) is 23.9 Å². The van der Waals surface area contributed by atoms with E-state index in [0.29, 0.717) is 0 Å². The summed E-state index contributed by atoms with van der Waals surface area (Å²) in [7, 11) is 1.92. The molecular weight excluding hydrogens is 318 g/mol. The predicted molar refractivity (Wildman–Crippen MR) is 84.3 cm³/mol. The van der Waals surface area contributed by atoms with Crippen molar-refractivity contribution in [3.8, 4) is 11.5 Å². The van der Waals surface area contributed by atoms with Crippen molar-refractivity contribution < 1.29 is 4.74 Å². The first kappa shape index (κ1) is 15.1. The van der Waals surface area contributed by atoms with Gasteiger partial charge in [0.15, 0.2) is 5.75 Å². The molecule has 0 aliphatic rings. The Morgan fingerprint density at radius 1 is 1.40 bits per heavy atom. The lowest BCUT2D eigenvalue weighted by Gasteiger charge is -2.13. The molecule has 1 unspecified atom stereocenters. The minimum atomic E-state index is 0.0859. The number of aromatic nitrogens is 2. The molecular formula is C15H20BrN3O. The van der Waals surface area contributed by atoms with E-state index < -0.39 is 0 Å². The van der Waals surface area contributed by atoms with Crippen LogP contribution in [-0.2, 0) is 13.5 Å². The summed E-state index contributed by atoms with van der Waals surface area (Å²) >= 11 is 3.49. The number of halogens is 1. The monoisotopic (exact) mass is 337 g/mol. The second kappa shape index (κ2) is 5.97. The van der Waals surface area contributed by atoms with Gasteiger partial charge in [-0.05, 0) is 51.0 Å². The van der Waals surface area contributed by atoms with Crippen molar-refractivity contribution in [2.45, 2.75) is 33.2 Å². The van der Waals surface area contributed by atoms with E-state index in [0.717, 1.165) is 39.3 Å². The molecule has 0 fully saturated rings. The standard InChI is InChI=1S/C15H20BrN3O/c1-9(17)7-12-8-13(16)5-6-14(12)20-15-10(2)18-19(4)11(15)3/h5-6,8-9H,7,17H2,1-4H3. The topological polar surface area (TPSA) is 53.1 Å². The summed E-state index contributed by atoms with van der Waals surface area (Å²) in [5.41, 5.74) is 8.91. The van der Waals surface area contributed by atoms with Gasteiger partial charge in [-0.1, -0.05) is 15.9 Å². The molecule has 20 heavy (non-hydrogen) atoms. The van der Waals surface area contributed by atoms with Crippen molar-refractivity contribution in [1.82, 2.24) is 9.78 Å². The summed E-state index contributed by atoms with van der Waals surface area (Å²) in [6, 6.07) is 6.08. The fraction of sp³-hybridized carbons (Fsp3) is 0.400. The highest BCUT2D eigenvalue weighted by atomic mass is 79.9. The Morgan fingerprint density at radius 3 is 2.65 bits per heavy atom. The fourth-order valence-corrected chi connectivity index (χ4v) is 2.57. The summed E-state index contributed by atoms with van der Waals surface area (Å²) < 4.78 is 8.94. The summed E-state index contributed by atoms with van der Waals surface area (Å²) in [5, 5.41) is 4.37. The molecule has 0 bridgehead atoms. The van der Waals surface area contributed by atoms with Gasteiger partial charge in [-0.3, -0.25) is 4.68 Å². The molecule has 2 rings (SSSR count). The number of nitrogens with zero attached hydrogens (tertiary/aromatic N) is 2. The summed E-state index contributed by atoms with van der Waals surface area (Å²) in [6.07, 6.45) is 0.771. The molecule has 1 atom stereocenters. The lowest BCUT2D eigenvalue weighted by atomic mass is 10.1. The zero-order valence-electron chi connectivity index (χ0n) is 12.3. The van der Waals surface area contributed by atoms with Crippen molar-refractivity contribution in [3.05, 3.63) is 39.6 Å². The Balaban J connectivity index is 2.37.